The highest BCUT2D eigenvalue weighted by Crippen LogP contribution is 2.20. The van der Waals surface area contributed by atoms with E-state index in [-0.39, 0.29) is 12.2 Å². The predicted octanol–water partition coefficient (Wildman–Crippen LogP) is 5.32. The molecule has 0 radical (unpaired) electrons. The van der Waals surface area contributed by atoms with Crippen LogP contribution < -0.4 is 0 Å². The summed E-state index contributed by atoms with van der Waals surface area (Å²) < 4.78 is 4.49. The maximum Gasteiger partial charge on any atom is 0.313 e. The van der Waals surface area contributed by atoms with Gasteiger partial charge in [-0.15, -0.1) is 0 Å². The molecule has 0 heterocycles. The van der Waals surface area contributed by atoms with Crippen molar-refractivity contribution in [3.63, 3.8) is 0 Å². The second-order valence-electron chi connectivity index (χ2n) is 6.57. The van der Waals surface area contributed by atoms with Gasteiger partial charge in [0.25, 0.3) is 0 Å². The molecule has 0 saturated heterocycles. The van der Waals surface area contributed by atoms with E-state index in [1.807, 2.05) is 6.07 Å². The fraction of sp³-hybridized carbons (Fsp3) is 0.391. The molecule has 0 saturated carbocycles. The minimum Gasteiger partial charge on any atom is -0.469 e. The van der Waals surface area contributed by atoms with Crippen LogP contribution in [0.4, 0.5) is 0 Å². The average Bonchev–Trinajstić information content (AvgIpc) is 2.71. The van der Waals surface area contributed by atoms with Crippen molar-refractivity contribution < 1.29 is 14.3 Å². The molecule has 2 rings (SSSR count). The Morgan fingerprint density at radius 2 is 1.52 bits per heavy atom. The van der Waals surface area contributed by atoms with Crippen molar-refractivity contribution in [3.8, 4) is 11.1 Å². The highest BCUT2D eigenvalue weighted by Gasteiger charge is 2.08. The van der Waals surface area contributed by atoms with Gasteiger partial charge in [-0.05, 0) is 41.7 Å². The number of carbonyl (C=O) groups is 2. The lowest BCUT2D eigenvalue weighted by Gasteiger charge is -2.05. The predicted molar refractivity (Wildman–Crippen MR) is 113 cm³/mol. The van der Waals surface area contributed by atoms with E-state index in [2.05, 4.69) is 53.3 Å². The molecule has 0 bridgehead atoms. The molecular formula is C23H28O3S. The highest BCUT2D eigenvalue weighted by atomic mass is 32.2. The van der Waals surface area contributed by atoms with Crippen molar-refractivity contribution in [2.45, 2.75) is 38.5 Å². The van der Waals surface area contributed by atoms with Crippen LogP contribution in [0.2, 0.25) is 0 Å². The van der Waals surface area contributed by atoms with Crippen molar-refractivity contribution in [1.29, 1.82) is 0 Å². The van der Waals surface area contributed by atoms with Crippen molar-refractivity contribution in [2.75, 3.05) is 18.6 Å². The molecule has 0 N–H and O–H groups in total. The number of unbranched alkanes of at least 4 members (excludes halogenated alkanes) is 3. The third-order valence-electron chi connectivity index (χ3n) is 4.40. The fourth-order valence-corrected chi connectivity index (χ4v) is 3.73. The summed E-state index contributed by atoms with van der Waals surface area (Å²) in [5.41, 5.74) is 3.90. The minimum atomic E-state index is -0.447. The Morgan fingerprint density at radius 1 is 0.852 bits per heavy atom. The van der Waals surface area contributed by atoms with E-state index in [1.54, 1.807) is 11.8 Å². The number of ether oxygens (including phenoxy) is 1. The maximum absolute atomic E-state index is 11.5. The number of rotatable bonds is 12. The SMILES string of the molecule is COC(=O)CC(=O)CSCCCCCCc1ccc(-c2ccccc2)cc1. The molecule has 2 aromatic rings. The zero-order chi connectivity index (χ0) is 19.3. The lowest BCUT2D eigenvalue weighted by atomic mass is 10.0. The molecule has 3 nitrogen and oxygen atoms in total. The number of Topliss-reactive ketones (excluding diaryl/α,β-unsaturated/α-hetero) is 1. The van der Waals surface area contributed by atoms with E-state index in [4.69, 9.17) is 0 Å². The first-order valence-corrected chi connectivity index (χ1v) is 10.6. The number of methoxy groups -OCH3 is 1. The minimum absolute atomic E-state index is 0.0502. The third-order valence-corrected chi connectivity index (χ3v) is 5.50. The molecule has 0 spiro atoms. The molecule has 0 amide bonds. The van der Waals surface area contributed by atoms with Gasteiger partial charge < -0.3 is 4.74 Å². The number of aryl methyl sites for hydroxylation is 1. The van der Waals surface area contributed by atoms with Crippen LogP contribution in [0, 0.1) is 0 Å². The van der Waals surface area contributed by atoms with Gasteiger partial charge in [-0.2, -0.15) is 11.8 Å². The van der Waals surface area contributed by atoms with Crippen LogP contribution in [0.3, 0.4) is 0 Å². The second-order valence-corrected chi connectivity index (χ2v) is 7.68. The van der Waals surface area contributed by atoms with Crippen LogP contribution in [0.5, 0.6) is 0 Å². The Balaban J connectivity index is 1.53. The molecule has 0 aromatic heterocycles. The summed E-state index contributed by atoms with van der Waals surface area (Å²) in [5.74, 6) is 0.879. The topological polar surface area (TPSA) is 43.4 Å². The highest BCUT2D eigenvalue weighted by molar-refractivity contribution is 7.99. The second kappa shape index (κ2) is 12.3. The van der Waals surface area contributed by atoms with Crippen LogP contribution in [-0.2, 0) is 20.7 Å². The molecule has 0 atom stereocenters. The van der Waals surface area contributed by atoms with Crippen LogP contribution in [0.15, 0.2) is 54.6 Å². The van der Waals surface area contributed by atoms with Crippen molar-refractivity contribution >= 4 is 23.5 Å². The van der Waals surface area contributed by atoms with Gasteiger partial charge in [0.1, 0.15) is 6.42 Å². The van der Waals surface area contributed by atoms with Crippen molar-refractivity contribution in [1.82, 2.24) is 0 Å². The summed E-state index contributed by atoms with van der Waals surface area (Å²) in [6.07, 6.45) is 5.70. The van der Waals surface area contributed by atoms with Gasteiger partial charge >= 0.3 is 5.97 Å². The van der Waals surface area contributed by atoms with Crippen molar-refractivity contribution in [2.24, 2.45) is 0 Å². The lowest BCUT2D eigenvalue weighted by Crippen LogP contribution is -2.11. The van der Waals surface area contributed by atoms with Gasteiger partial charge in [0.05, 0.1) is 12.9 Å². The van der Waals surface area contributed by atoms with E-state index in [1.165, 1.54) is 43.1 Å². The molecule has 0 aliphatic carbocycles. The number of hydrogen-bond donors (Lipinski definition) is 0. The van der Waals surface area contributed by atoms with Gasteiger partial charge in [0.15, 0.2) is 5.78 Å². The molecule has 144 valence electrons. The van der Waals surface area contributed by atoms with E-state index in [9.17, 15) is 9.59 Å². The molecule has 4 heteroatoms. The largest absolute Gasteiger partial charge is 0.469 e. The quantitative estimate of drug-likeness (QED) is 0.282. The molecule has 0 aliphatic heterocycles. The summed E-state index contributed by atoms with van der Waals surface area (Å²) in [5, 5.41) is 0. The first-order chi connectivity index (χ1) is 13.2. The van der Waals surface area contributed by atoms with E-state index >= 15 is 0 Å². The summed E-state index contributed by atoms with van der Waals surface area (Å²) in [6.45, 7) is 0. The zero-order valence-electron chi connectivity index (χ0n) is 16.0. The summed E-state index contributed by atoms with van der Waals surface area (Å²) in [4.78, 5) is 22.5. The molecule has 0 aliphatic rings. The molecule has 27 heavy (non-hydrogen) atoms. The normalized spacial score (nSPS) is 10.6. The smallest absolute Gasteiger partial charge is 0.313 e. The summed E-state index contributed by atoms with van der Waals surface area (Å²) in [6, 6.07) is 19.3. The molecular weight excluding hydrogens is 356 g/mol. The Bertz CT molecular complexity index is 695. The molecule has 2 aromatic carbocycles. The number of benzene rings is 2. The van der Waals surface area contributed by atoms with Crippen LogP contribution in [-0.4, -0.2) is 30.4 Å². The van der Waals surface area contributed by atoms with Gasteiger partial charge in [-0.1, -0.05) is 67.4 Å². The summed E-state index contributed by atoms with van der Waals surface area (Å²) in [7, 11) is 1.31. The van der Waals surface area contributed by atoms with E-state index < -0.39 is 5.97 Å². The number of carbonyl (C=O) groups excluding carboxylic acids is 2. The standard InChI is InChI=1S/C23H28O3S/c1-26-23(25)17-22(24)18-27-16-8-3-2-5-9-19-12-14-21(15-13-19)20-10-6-4-7-11-20/h4,6-7,10-15H,2-3,5,8-9,16-18H2,1H3. The van der Waals surface area contributed by atoms with Crippen molar-refractivity contribution in [3.05, 3.63) is 60.2 Å². The van der Waals surface area contributed by atoms with E-state index in [0.717, 1.165) is 18.6 Å². The average molecular weight is 385 g/mol. The monoisotopic (exact) mass is 384 g/mol. The Kier molecular flexibility index (Phi) is 9.70. The Hall–Kier alpha value is -2.07. The summed E-state index contributed by atoms with van der Waals surface area (Å²) >= 11 is 1.61. The molecule has 0 unspecified atom stereocenters. The Labute approximate surface area is 166 Å². The maximum atomic E-state index is 11.5. The molecule has 0 fully saturated rings. The van der Waals surface area contributed by atoms with Crippen LogP contribution >= 0.6 is 11.8 Å². The van der Waals surface area contributed by atoms with Gasteiger partial charge in [0, 0.05) is 0 Å². The van der Waals surface area contributed by atoms with Crippen LogP contribution in [0.25, 0.3) is 11.1 Å². The van der Waals surface area contributed by atoms with Gasteiger partial charge in [-0.3, -0.25) is 9.59 Å². The van der Waals surface area contributed by atoms with Gasteiger partial charge in [0.2, 0.25) is 0 Å². The Morgan fingerprint density at radius 3 is 2.22 bits per heavy atom. The van der Waals surface area contributed by atoms with Crippen LogP contribution in [0.1, 0.15) is 37.7 Å². The number of thioether (sulfide) groups is 1. The third kappa shape index (κ3) is 8.44. The first-order valence-electron chi connectivity index (χ1n) is 9.49. The first kappa shape index (κ1) is 21.2. The fourth-order valence-electron chi connectivity index (χ4n) is 2.85. The zero-order valence-corrected chi connectivity index (χ0v) is 16.8. The van der Waals surface area contributed by atoms with Gasteiger partial charge in [-0.25, -0.2) is 0 Å². The lowest BCUT2D eigenvalue weighted by molar-refractivity contribution is -0.142. The number of ketones is 1. The number of hydrogen-bond acceptors (Lipinski definition) is 4. The number of esters is 1. The van der Waals surface area contributed by atoms with E-state index in [0.29, 0.717) is 5.75 Å².